The first-order chi connectivity index (χ1) is 11.7. The molecule has 25 heavy (non-hydrogen) atoms. The summed E-state index contributed by atoms with van der Waals surface area (Å²) in [5.41, 5.74) is -0.156. The number of hydrogen-bond donors (Lipinski definition) is 2. The topological polar surface area (TPSA) is 82.0 Å². The number of hydrogen-bond acceptors (Lipinski definition) is 3. The van der Waals surface area contributed by atoms with Crippen molar-refractivity contribution in [2.45, 2.75) is 13.8 Å². The van der Waals surface area contributed by atoms with Crippen molar-refractivity contribution in [1.82, 2.24) is 0 Å². The van der Waals surface area contributed by atoms with E-state index < -0.39 is 17.2 Å². The Bertz CT molecular complexity index is 873. The predicted molar refractivity (Wildman–Crippen MR) is 98.7 cm³/mol. The predicted octanol–water partition coefficient (Wildman–Crippen LogP) is 4.47. The average molecular weight is 376 g/mol. The molecule has 0 heterocycles. The first-order valence-electron chi connectivity index (χ1n) is 7.32. The minimum atomic E-state index is -1.37. The molecule has 0 fully saturated rings. The standard InChI is InChI=1S/C18H15Cl2N3O2/c1-18(2,16(24)22-13-5-3-4-11(8-13)10-21)17(25)23-15-7-6-12(19)9-14(15)20/h3-9H,1-2H3,(H,22,24)(H,23,25). The van der Waals surface area contributed by atoms with Crippen LogP contribution in [0.25, 0.3) is 0 Å². The van der Waals surface area contributed by atoms with Gasteiger partial charge in [0.15, 0.2) is 0 Å². The maximum Gasteiger partial charge on any atom is 0.239 e. The number of nitrogens with one attached hydrogen (secondary N) is 2. The van der Waals surface area contributed by atoms with Crippen molar-refractivity contribution in [3.8, 4) is 6.07 Å². The van der Waals surface area contributed by atoms with Crippen molar-refractivity contribution in [3.05, 3.63) is 58.1 Å². The number of anilines is 2. The summed E-state index contributed by atoms with van der Waals surface area (Å²) < 4.78 is 0. The number of carbonyl (C=O) groups is 2. The molecule has 0 bridgehead atoms. The highest BCUT2D eigenvalue weighted by Gasteiger charge is 2.36. The second kappa shape index (κ2) is 7.56. The van der Waals surface area contributed by atoms with Gasteiger partial charge in [0.1, 0.15) is 5.41 Å². The van der Waals surface area contributed by atoms with Crippen LogP contribution in [0.4, 0.5) is 11.4 Å². The van der Waals surface area contributed by atoms with E-state index in [2.05, 4.69) is 10.6 Å². The smallest absolute Gasteiger partial charge is 0.239 e. The molecule has 0 saturated carbocycles. The van der Waals surface area contributed by atoms with E-state index in [4.69, 9.17) is 28.5 Å². The molecule has 2 aromatic carbocycles. The van der Waals surface area contributed by atoms with Crippen molar-refractivity contribution in [2.24, 2.45) is 5.41 Å². The van der Waals surface area contributed by atoms with E-state index >= 15 is 0 Å². The van der Waals surface area contributed by atoms with E-state index in [9.17, 15) is 9.59 Å². The maximum absolute atomic E-state index is 12.5. The van der Waals surface area contributed by atoms with Gasteiger partial charge >= 0.3 is 0 Å². The van der Waals surface area contributed by atoms with Crippen LogP contribution in [0.3, 0.4) is 0 Å². The quantitative estimate of drug-likeness (QED) is 0.773. The van der Waals surface area contributed by atoms with Crippen molar-refractivity contribution in [2.75, 3.05) is 10.6 Å². The van der Waals surface area contributed by atoms with Crippen molar-refractivity contribution in [3.63, 3.8) is 0 Å². The van der Waals surface area contributed by atoms with Gasteiger partial charge in [-0.1, -0.05) is 29.3 Å². The van der Waals surface area contributed by atoms with Gasteiger partial charge in [0.2, 0.25) is 11.8 Å². The summed E-state index contributed by atoms with van der Waals surface area (Å²) in [7, 11) is 0. The van der Waals surface area contributed by atoms with E-state index in [0.29, 0.717) is 22.0 Å². The Hall–Kier alpha value is -2.55. The SMILES string of the molecule is CC(C)(C(=O)Nc1cccc(C#N)c1)C(=O)Nc1ccc(Cl)cc1Cl. The number of halogens is 2. The van der Waals surface area contributed by atoms with E-state index in [-0.39, 0.29) is 5.02 Å². The fourth-order valence-corrected chi connectivity index (χ4v) is 2.38. The molecule has 0 aliphatic carbocycles. The molecule has 2 N–H and O–H groups in total. The Labute approximate surface area is 155 Å². The number of nitrogens with zero attached hydrogens (tertiary/aromatic N) is 1. The Kier molecular flexibility index (Phi) is 5.68. The van der Waals surface area contributed by atoms with Crippen molar-refractivity contribution < 1.29 is 9.59 Å². The summed E-state index contributed by atoms with van der Waals surface area (Å²) in [5, 5.41) is 14.9. The van der Waals surface area contributed by atoms with E-state index in [1.165, 1.54) is 26.0 Å². The van der Waals surface area contributed by atoms with Gasteiger partial charge in [0.25, 0.3) is 0 Å². The normalized spacial score (nSPS) is 10.7. The van der Waals surface area contributed by atoms with Gasteiger partial charge in [0, 0.05) is 10.7 Å². The third kappa shape index (κ3) is 4.50. The van der Waals surface area contributed by atoms with Crippen LogP contribution >= 0.6 is 23.2 Å². The molecular formula is C18H15Cl2N3O2. The van der Waals surface area contributed by atoms with Crippen LogP contribution in [0.1, 0.15) is 19.4 Å². The zero-order valence-electron chi connectivity index (χ0n) is 13.6. The zero-order chi connectivity index (χ0) is 18.6. The Morgan fingerprint density at radius 1 is 1.04 bits per heavy atom. The largest absolute Gasteiger partial charge is 0.325 e. The summed E-state index contributed by atoms with van der Waals surface area (Å²) in [4.78, 5) is 25.0. The third-order valence-electron chi connectivity index (χ3n) is 3.56. The minimum absolute atomic E-state index is 0.277. The van der Waals surface area contributed by atoms with Gasteiger partial charge in [-0.3, -0.25) is 9.59 Å². The fraction of sp³-hybridized carbons (Fsp3) is 0.167. The summed E-state index contributed by atoms with van der Waals surface area (Å²) in [6.07, 6.45) is 0. The van der Waals surface area contributed by atoms with E-state index in [1.54, 1.807) is 30.3 Å². The van der Waals surface area contributed by atoms with Crippen LogP contribution in [0, 0.1) is 16.7 Å². The molecule has 0 aliphatic rings. The second-order valence-corrected chi connectivity index (χ2v) is 6.69. The molecule has 0 aliphatic heterocycles. The van der Waals surface area contributed by atoms with Gasteiger partial charge in [-0.05, 0) is 50.2 Å². The Balaban J connectivity index is 2.14. The Morgan fingerprint density at radius 2 is 1.72 bits per heavy atom. The van der Waals surface area contributed by atoms with E-state index in [0.717, 1.165) is 0 Å². The van der Waals surface area contributed by atoms with Crippen LogP contribution in [0.2, 0.25) is 10.0 Å². The van der Waals surface area contributed by atoms with Gasteiger partial charge in [-0.2, -0.15) is 5.26 Å². The lowest BCUT2D eigenvalue weighted by molar-refractivity contribution is -0.135. The molecule has 7 heteroatoms. The minimum Gasteiger partial charge on any atom is -0.325 e. The van der Waals surface area contributed by atoms with Gasteiger partial charge in [0.05, 0.1) is 22.3 Å². The van der Waals surface area contributed by atoms with E-state index in [1.807, 2.05) is 6.07 Å². The number of benzene rings is 2. The number of carbonyl (C=O) groups excluding carboxylic acids is 2. The third-order valence-corrected chi connectivity index (χ3v) is 4.11. The zero-order valence-corrected chi connectivity index (χ0v) is 15.1. The molecule has 0 aromatic heterocycles. The highest BCUT2D eigenvalue weighted by atomic mass is 35.5. The van der Waals surface area contributed by atoms with Crippen LogP contribution in [0.5, 0.6) is 0 Å². The number of rotatable bonds is 4. The summed E-state index contributed by atoms with van der Waals surface area (Å²) in [5.74, 6) is -1.03. The van der Waals surface area contributed by atoms with Crippen LogP contribution < -0.4 is 10.6 Å². The molecule has 2 rings (SSSR count). The lowest BCUT2D eigenvalue weighted by atomic mass is 9.90. The molecule has 0 unspecified atom stereocenters. The molecule has 128 valence electrons. The molecule has 0 radical (unpaired) electrons. The van der Waals surface area contributed by atoms with Crippen LogP contribution in [0.15, 0.2) is 42.5 Å². The monoisotopic (exact) mass is 375 g/mol. The first-order valence-corrected chi connectivity index (χ1v) is 8.08. The summed E-state index contributed by atoms with van der Waals surface area (Å²) in [6, 6.07) is 13.1. The highest BCUT2D eigenvalue weighted by Crippen LogP contribution is 2.28. The van der Waals surface area contributed by atoms with Crippen molar-refractivity contribution in [1.29, 1.82) is 5.26 Å². The van der Waals surface area contributed by atoms with Gasteiger partial charge < -0.3 is 10.6 Å². The molecule has 0 saturated heterocycles. The molecule has 2 aromatic rings. The van der Waals surface area contributed by atoms with Crippen LogP contribution in [-0.2, 0) is 9.59 Å². The summed E-state index contributed by atoms with van der Waals surface area (Å²) >= 11 is 11.9. The first kappa shape index (κ1) is 18.8. The highest BCUT2D eigenvalue weighted by molar-refractivity contribution is 6.36. The average Bonchev–Trinajstić information content (AvgIpc) is 2.57. The summed E-state index contributed by atoms with van der Waals surface area (Å²) in [6.45, 7) is 2.99. The second-order valence-electron chi connectivity index (χ2n) is 5.85. The fourth-order valence-electron chi connectivity index (χ4n) is 1.93. The molecular weight excluding hydrogens is 361 g/mol. The molecule has 2 amide bonds. The lowest BCUT2D eigenvalue weighted by Crippen LogP contribution is -2.41. The number of nitriles is 1. The number of amides is 2. The molecule has 0 atom stereocenters. The maximum atomic E-state index is 12.5. The molecule has 5 nitrogen and oxygen atoms in total. The van der Waals surface area contributed by atoms with Gasteiger partial charge in [-0.25, -0.2) is 0 Å². The van der Waals surface area contributed by atoms with Crippen molar-refractivity contribution >= 4 is 46.4 Å². The lowest BCUT2D eigenvalue weighted by Gasteiger charge is -2.23. The van der Waals surface area contributed by atoms with Gasteiger partial charge in [-0.15, -0.1) is 0 Å². The molecule has 0 spiro atoms. The Morgan fingerprint density at radius 3 is 2.36 bits per heavy atom. The van der Waals surface area contributed by atoms with Crippen LogP contribution in [-0.4, -0.2) is 11.8 Å².